The van der Waals surface area contributed by atoms with Crippen molar-refractivity contribution >= 4 is 11.0 Å². The molecule has 4 heteroatoms. The third-order valence-electron chi connectivity index (χ3n) is 4.68. The van der Waals surface area contributed by atoms with Crippen molar-refractivity contribution in [1.29, 1.82) is 0 Å². The number of aromatic nitrogens is 2. The zero-order chi connectivity index (χ0) is 18.1. The van der Waals surface area contributed by atoms with Crippen molar-refractivity contribution in [2.45, 2.75) is 13.3 Å². The molecular weight excluding hydrogens is 327 g/mol. The van der Waals surface area contributed by atoms with Gasteiger partial charge in [-0.25, -0.2) is 9.37 Å². The average Bonchev–Trinajstić information content (AvgIpc) is 3.03. The van der Waals surface area contributed by atoms with E-state index < -0.39 is 0 Å². The Kier molecular flexibility index (Phi) is 4.17. The molecule has 2 aromatic carbocycles. The van der Waals surface area contributed by atoms with E-state index in [9.17, 15) is 4.39 Å². The predicted molar refractivity (Wildman–Crippen MR) is 102 cm³/mol. The van der Waals surface area contributed by atoms with Crippen molar-refractivity contribution in [1.82, 2.24) is 9.55 Å². The third-order valence-corrected chi connectivity index (χ3v) is 4.68. The Bertz CT molecular complexity index is 1070. The number of hydrogen-bond donors (Lipinski definition) is 0. The first-order valence-corrected chi connectivity index (χ1v) is 8.52. The fourth-order valence-electron chi connectivity index (χ4n) is 3.29. The highest BCUT2D eigenvalue weighted by Crippen LogP contribution is 2.27. The summed E-state index contributed by atoms with van der Waals surface area (Å²) in [7, 11) is 1.61. The number of hydrogen-bond acceptors (Lipinski definition) is 2. The summed E-state index contributed by atoms with van der Waals surface area (Å²) in [6.07, 6.45) is 0.622. The lowest BCUT2D eigenvalue weighted by atomic mass is 10.0. The van der Waals surface area contributed by atoms with Crippen LogP contribution in [0.5, 0.6) is 5.88 Å². The number of fused-ring (bicyclic) bond motifs is 1. The highest BCUT2D eigenvalue weighted by atomic mass is 19.1. The van der Waals surface area contributed by atoms with E-state index in [1.165, 1.54) is 6.07 Å². The lowest BCUT2D eigenvalue weighted by Crippen LogP contribution is -2.02. The van der Waals surface area contributed by atoms with Crippen LogP contribution in [0, 0.1) is 12.7 Å². The van der Waals surface area contributed by atoms with Gasteiger partial charge in [0.05, 0.1) is 18.1 Å². The smallest absolute Gasteiger partial charge is 0.213 e. The molecular formula is C22H19FN2O. The lowest BCUT2D eigenvalue weighted by molar-refractivity contribution is 0.399. The maximum Gasteiger partial charge on any atom is 0.213 e. The molecule has 130 valence electrons. The Morgan fingerprint density at radius 1 is 1.00 bits per heavy atom. The maximum atomic E-state index is 14.0. The molecule has 0 amide bonds. The molecule has 3 nitrogen and oxygen atoms in total. The van der Waals surface area contributed by atoms with E-state index in [0.717, 1.165) is 28.0 Å². The van der Waals surface area contributed by atoms with E-state index in [0.29, 0.717) is 17.9 Å². The van der Waals surface area contributed by atoms with Gasteiger partial charge in [0.25, 0.3) is 0 Å². The fraction of sp³-hybridized carbons (Fsp3) is 0.136. The van der Waals surface area contributed by atoms with Gasteiger partial charge in [-0.15, -0.1) is 0 Å². The second kappa shape index (κ2) is 6.64. The number of ether oxygens (including phenoxy) is 1. The minimum atomic E-state index is -0.176. The van der Waals surface area contributed by atoms with Gasteiger partial charge in [-0.3, -0.25) is 0 Å². The molecule has 0 fully saturated rings. The second-order valence-electron chi connectivity index (χ2n) is 6.27. The number of rotatable bonds is 4. The van der Waals surface area contributed by atoms with Crippen molar-refractivity contribution in [2.75, 3.05) is 7.11 Å². The van der Waals surface area contributed by atoms with Crippen LogP contribution in [0.3, 0.4) is 0 Å². The summed E-state index contributed by atoms with van der Waals surface area (Å²) in [6.45, 7) is 1.82. The number of para-hydroxylation sites is 1. The molecule has 0 aliphatic heterocycles. The Morgan fingerprint density at radius 2 is 1.81 bits per heavy atom. The number of methoxy groups -OCH3 is 1. The number of pyridine rings is 1. The van der Waals surface area contributed by atoms with E-state index in [-0.39, 0.29) is 5.82 Å². The molecule has 26 heavy (non-hydrogen) atoms. The van der Waals surface area contributed by atoms with Crippen LogP contribution >= 0.6 is 0 Å². The SMILES string of the molecule is COc1ccc2c(cc(Cc3cccc(F)c3C)n2-c2ccccc2)n1. The molecule has 0 bridgehead atoms. The third kappa shape index (κ3) is 2.84. The molecule has 0 atom stereocenters. The molecule has 0 unspecified atom stereocenters. The van der Waals surface area contributed by atoms with Crippen LogP contribution in [0.4, 0.5) is 4.39 Å². The largest absolute Gasteiger partial charge is 0.481 e. The molecule has 0 spiro atoms. The van der Waals surface area contributed by atoms with E-state index in [1.54, 1.807) is 13.2 Å². The molecule has 0 saturated heterocycles. The normalized spacial score (nSPS) is 11.0. The zero-order valence-corrected chi connectivity index (χ0v) is 14.7. The maximum absolute atomic E-state index is 14.0. The quantitative estimate of drug-likeness (QED) is 0.516. The van der Waals surface area contributed by atoms with E-state index >= 15 is 0 Å². The van der Waals surface area contributed by atoms with Crippen molar-refractivity contribution < 1.29 is 9.13 Å². The standard InChI is InChI=1S/C22H19FN2O/c1-15-16(7-6-10-19(15)23)13-18-14-20-21(11-12-22(24-20)26-2)25(18)17-8-4-3-5-9-17/h3-12,14H,13H2,1-2H3. The second-order valence-corrected chi connectivity index (χ2v) is 6.27. The van der Waals surface area contributed by atoms with Gasteiger partial charge in [0.15, 0.2) is 0 Å². The summed E-state index contributed by atoms with van der Waals surface area (Å²) in [5, 5.41) is 0. The molecule has 0 radical (unpaired) electrons. The number of nitrogens with zero attached hydrogens (tertiary/aromatic N) is 2. The Labute approximate surface area is 151 Å². The van der Waals surface area contributed by atoms with Gasteiger partial charge in [0.2, 0.25) is 5.88 Å². The summed E-state index contributed by atoms with van der Waals surface area (Å²) in [5.74, 6) is 0.404. The first-order chi connectivity index (χ1) is 12.7. The van der Waals surface area contributed by atoms with Crippen LogP contribution < -0.4 is 4.74 Å². The summed E-state index contributed by atoms with van der Waals surface area (Å²) in [5.41, 5.74) is 5.62. The molecule has 0 aliphatic carbocycles. The predicted octanol–water partition coefficient (Wildman–Crippen LogP) is 5.07. The highest BCUT2D eigenvalue weighted by molar-refractivity contribution is 5.80. The summed E-state index contributed by atoms with van der Waals surface area (Å²) in [6, 6.07) is 21.3. The van der Waals surface area contributed by atoms with Crippen molar-refractivity contribution in [2.24, 2.45) is 0 Å². The van der Waals surface area contributed by atoms with E-state index in [4.69, 9.17) is 4.74 Å². The highest BCUT2D eigenvalue weighted by Gasteiger charge is 2.14. The van der Waals surface area contributed by atoms with Crippen molar-refractivity contribution in [3.05, 3.63) is 89.4 Å². The molecule has 0 aliphatic rings. The van der Waals surface area contributed by atoms with Gasteiger partial charge in [-0.05, 0) is 48.4 Å². The van der Waals surface area contributed by atoms with Crippen LogP contribution in [0.1, 0.15) is 16.8 Å². The van der Waals surface area contributed by atoms with Crippen LogP contribution in [0.25, 0.3) is 16.7 Å². The molecule has 4 aromatic rings. The number of benzene rings is 2. The minimum absolute atomic E-state index is 0.176. The summed E-state index contributed by atoms with van der Waals surface area (Å²) in [4.78, 5) is 4.57. The Balaban J connectivity index is 1.91. The molecule has 2 aromatic heterocycles. The van der Waals surface area contributed by atoms with Gasteiger partial charge in [0.1, 0.15) is 5.82 Å². The van der Waals surface area contributed by atoms with Crippen molar-refractivity contribution in [3.63, 3.8) is 0 Å². The Morgan fingerprint density at radius 3 is 2.58 bits per heavy atom. The molecule has 2 heterocycles. The van der Waals surface area contributed by atoms with Crippen LogP contribution in [0.2, 0.25) is 0 Å². The van der Waals surface area contributed by atoms with Gasteiger partial charge in [0, 0.05) is 23.9 Å². The zero-order valence-electron chi connectivity index (χ0n) is 14.7. The molecule has 0 N–H and O–H groups in total. The average molecular weight is 346 g/mol. The summed E-state index contributed by atoms with van der Waals surface area (Å²) >= 11 is 0. The van der Waals surface area contributed by atoms with Crippen molar-refractivity contribution in [3.8, 4) is 11.6 Å². The van der Waals surface area contributed by atoms with Gasteiger partial charge in [-0.1, -0.05) is 30.3 Å². The van der Waals surface area contributed by atoms with E-state index in [1.807, 2.05) is 43.3 Å². The van der Waals surface area contributed by atoms with Gasteiger partial charge in [-0.2, -0.15) is 0 Å². The lowest BCUT2D eigenvalue weighted by Gasteiger charge is -2.12. The van der Waals surface area contributed by atoms with E-state index in [2.05, 4.69) is 27.8 Å². The topological polar surface area (TPSA) is 27.1 Å². The van der Waals surface area contributed by atoms with Gasteiger partial charge < -0.3 is 9.30 Å². The molecule has 4 rings (SSSR count). The molecule has 0 saturated carbocycles. The van der Waals surface area contributed by atoms with Gasteiger partial charge >= 0.3 is 0 Å². The Hall–Kier alpha value is -3.14. The fourth-order valence-corrected chi connectivity index (χ4v) is 3.29. The van der Waals surface area contributed by atoms with Crippen LogP contribution in [-0.2, 0) is 6.42 Å². The number of halogens is 1. The van der Waals surface area contributed by atoms with Crippen LogP contribution in [-0.4, -0.2) is 16.7 Å². The first kappa shape index (κ1) is 16.3. The summed E-state index contributed by atoms with van der Waals surface area (Å²) < 4.78 is 21.4. The first-order valence-electron chi connectivity index (χ1n) is 8.52. The monoisotopic (exact) mass is 346 g/mol. The van der Waals surface area contributed by atoms with Crippen LogP contribution in [0.15, 0.2) is 66.7 Å². The minimum Gasteiger partial charge on any atom is -0.481 e.